The summed E-state index contributed by atoms with van der Waals surface area (Å²) in [7, 11) is -3.92. The van der Waals surface area contributed by atoms with Crippen molar-refractivity contribution in [3.8, 4) is 0 Å². The number of carboxylic acids is 1. The molecular formula is C26H30F3NO4S3. The van der Waals surface area contributed by atoms with E-state index in [1.54, 1.807) is 6.92 Å². The van der Waals surface area contributed by atoms with Gasteiger partial charge in [-0.05, 0) is 79.1 Å². The van der Waals surface area contributed by atoms with Crippen LogP contribution in [0.1, 0.15) is 48.9 Å². The fourth-order valence-corrected chi connectivity index (χ4v) is 8.82. The number of fused-ring (bicyclic) bond motifs is 1. The molecule has 0 fully saturated rings. The van der Waals surface area contributed by atoms with Crippen LogP contribution in [-0.4, -0.2) is 42.1 Å². The summed E-state index contributed by atoms with van der Waals surface area (Å²) < 4.78 is 68.9. The summed E-state index contributed by atoms with van der Waals surface area (Å²) in [5, 5.41) is 9.12. The Morgan fingerprint density at radius 2 is 1.86 bits per heavy atom. The number of alkyl halides is 3. The van der Waals surface area contributed by atoms with Crippen LogP contribution in [-0.2, 0) is 27.4 Å². The molecule has 1 aromatic heterocycles. The van der Waals surface area contributed by atoms with Crippen LogP contribution in [0.3, 0.4) is 0 Å². The molecule has 5 nitrogen and oxygen atoms in total. The molecule has 1 unspecified atom stereocenters. The zero-order valence-electron chi connectivity index (χ0n) is 21.1. The number of hydrogen-bond donors (Lipinski definition) is 1. The van der Waals surface area contributed by atoms with E-state index in [1.807, 2.05) is 39.0 Å². The molecule has 0 amide bonds. The second-order valence-corrected chi connectivity index (χ2v) is 13.7. The Morgan fingerprint density at radius 3 is 2.46 bits per heavy atom. The number of rotatable bonds is 11. The molecule has 0 saturated heterocycles. The molecule has 1 heterocycles. The van der Waals surface area contributed by atoms with Crippen LogP contribution in [0, 0.1) is 13.8 Å². The van der Waals surface area contributed by atoms with Gasteiger partial charge in [0, 0.05) is 34.4 Å². The van der Waals surface area contributed by atoms with E-state index >= 15 is 0 Å². The first-order valence-corrected chi connectivity index (χ1v) is 15.0. The van der Waals surface area contributed by atoms with Gasteiger partial charge in [0.2, 0.25) is 0 Å². The number of thiophene rings is 1. The highest BCUT2D eigenvalue weighted by Gasteiger charge is 2.33. The van der Waals surface area contributed by atoms with Crippen molar-refractivity contribution in [2.24, 2.45) is 0 Å². The lowest BCUT2D eigenvalue weighted by Gasteiger charge is -2.24. The summed E-state index contributed by atoms with van der Waals surface area (Å²) in [6.45, 7) is 7.83. The van der Waals surface area contributed by atoms with Crippen molar-refractivity contribution >= 4 is 49.2 Å². The summed E-state index contributed by atoms with van der Waals surface area (Å²) in [5.74, 6) is -0.849. The van der Waals surface area contributed by atoms with Gasteiger partial charge in [0.15, 0.2) is 0 Å². The predicted molar refractivity (Wildman–Crippen MR) is 143 cm³/mol. The van der Waals surface area contributed by atoms with Gasteiger partial charge in [-0.1, -0.05) is 19.9 Å². The molecule has 3 aromatic rings. The van der Waals surface area contributed by atoms with Crippen molar-refractivity contribution in [3.05, 3.63) is 58.7 Å². The lowest BCUT2D eigenvalue weighted by atomic mass is 10.0. The second kappa shape index (κ2) is 11.8. The normalized spacial score (nSPS) is 13.4. The molecule has 1 N–H and O–H groups in total. The van der Waals surface area contributed by atoms with Gasteiger partial charge >= 0.3 is 12.1 Å². The van der Waals surface area contributed by atoms with Gasteiger partial charge < -0.3 is 5.11 Å². The third-order valence-corrected chi connectivity index (χ3v) is 10.8. The van der Waals surface area contributed by atoms with E-state index in [9.17, 15) is 26.4 Å². The molecule has 3 rings (SSSR count). The minimum Gasteiger partial charge on any atom is -0.481 e. The summed E-state index contributed by atoms with van der Waals surface area (Å²) in [5.41, 5.74) is 1.48. The lowest BCUT2D eigenvalue weighted by molar-refractivity contribution is -0.138. The third-order valence-electron chi connectivity index (χ3n) is 5.99. The van der Waals surface area contributed by atoms with Gasteiger partial charge in [-0.3, -0.25) is 4.79 Å². The van der Waals surface area contributed by atoms with Crippen LogP contribution in [0.5, 0.6) is 0 Å². The first-order chi connectivity index (χ1) is 17.2. The molecular weight excluding hydrogens is 543 g/mol. The van der Waals surface area contributed by atoms with Crippen LogP contribution in [0.25, 0.3) is 10.1 Å². The molecule has 0 aliphatic rings. The van der Waals surface area contributed by atoms with Crippen LogP contribution in [0.2, 0.25) is 0 Å². The van der Waals surface area contributed by atoms with E-state index < -0.39 is 27.7 Å². The number of aryl methyl sites for hydroxylation is 3. The Bertz CT molecular complexity index is 1380. The maximum atomic E-state index is 13.7. The number of carbonyl (C=O) groups is 1. The molecule has 37 heavy (non-hydrogen) atoms. The zero-order valence-corrected chi connectivity index (χ0v) is 23.5. The smallest absolute Gasteiger partial charge is 0.416 e. The number of halogens is 3. The number of hydrogen-bond acceptors (Lipinski definition) is 5. The van der Waals surface area contributed by atoms with Crippen LogP contribution < -0.4 is 0 Å². The molecule has 0 bridgehead atoms. The minimum atomic E-state index is -4.50. The fourth-order valence-electron chi connectivity index (χ4n) is 4.12. The van der Waals surface area contributed by atoms with Crippen molar-refractivity contribution in [1.29, 1.82) is 0 Å². The Balaban J connectivity index is 1.82. The average molecular weight is 574 g/mol. The Morgan fingerprint density at radius 1 is 1.16 bits per heavy atom. The standard InChI is InChI=1S/C26H30F3NO4S3/c1-5-12-30(15-17(3)35-21-9-6-19(16(2)13-21)7-11-24(31)32)37(33,34)25-18(4)22-14-20(26(27,28)29)8-10-23(22)36-25/h6,8-10,13-14,17H,5,7,11-12,15H2,1-4H3,(H,31,32). The zero-order chi connectivity index (χ0) is 27.5. The SMILES string of the molecule is CCCN(CC(C)Sc1ccc(CCC(=O)O)c(C)c1)S(=O)(=O)c1sc2ccc(C(F)(F)F)cc2c1C. The van der Waals surface area contributed by atoms with Crippen LogP contribution >= 0.6 is 23.1 Å². The van der Waals surface area contributed by atoms with Gasteiger partial charge in [0.1, 0.15) is 4.21 Å². The highest BCUT2D eigenvalue weighted by molar-refractivity contribution is 8.00. The Kier molecular flexibility index (Phi) is 9.36. The predicted octanol–water partition coefficient (Wildman–Crippen LogP) is 7.14. The van der Waals surface area contributed by atoms with Gasteiger partial charge in [-0.2, -0.15) is 17.5 Å². The number of benzene rings is 2. The molecule has 11 heteroatoms. The van der Waals surface area contributed by atoms with Crippen molar-refractivity contribution in [1.82, 2.24) is 4.31 Å². The second-order valence-electron chi connectivity index (χ2n) is 9.00. The number of aliphatic carboxylic acids is 1. The molecule has 0 saturated carbocycles. The van der Waals surface area contributed by atoms with Gasteiger partial charge in [-0.15, -0.1) is 23.1 Å². The fraction of sp³-hybridized carbons (Fsp3) is 0.423. The molecule has 2 aromatic carbocycles. The van der Waals surface area contributed by atoms with E-state index in [1.165, 1.54) is 22.1 Å². The van der Waals surface area contributed by atoms with Gasteiger partial charge in [0.25, 0.3) is 10.0 Å². The summed E-state index contributed by atoms with van der Waals surface area (Å²) in [6.07, 6.45) is -3.41. The number of thioether (sulfide) groups is 1. The van der Waals surface area contributed by atoms with Crippen molar-refractivity contribution in [2.75, 3.05) is 13.1 Å². The van der Waals surface area contributed by atoms with Crippen molar-refractivity contribution < 1.29 is 31.5 Å². The Hall–Kier alpha value is -2.08. The first kappa shape index (κ1) is 29.5. The number of carboxylic acid groups (broad SMARTS) is 1. The summed E-state index contributed by atoms with van der Waals surface area (Å²) in [4.78, 5) is 11.8. The largest absolute Gasteiger partial charge is 0.481 e. The molecule has 0 radical (unpaired) electrons. The van der Waals surface area contributed by atoms with Crippen LogP contribution in [0.15, 0.2) is 45.5 Å². The van der Waals surface area contributed by atoms with E-state index in [-0.39, 0.29) is 22.4 Å². The van der Waals surface area contributed by atoms with Crippen molar-refractivity contribution in [3.63, 3.8) is 0 Å². The monoisotopic (exact) mass is 573 g/mol. The topological polar surface area (TPSA) is 74.7 Å². The van der Waals surface area contributed by atoms with E-state index in [4.69, 9.17) is 5.11 Å². The maximum Gasteiger partial charge on any atom is 0.416 e. The van der Waals surface area contributed by atoms with Crippen LogP contribution in [0.4, 0.5) is 13.2 Å². The van der Waals surface area contributed by atoms with Gasteiger partial charge in [0.05, 0.1) is 5.56 Å². The van der Waals surface area contributed by atoms with E-state index in [0.717, 1.165) is 39.5 Å². The lowest BCUT2D eigenvalue weighted by Crippen LogP contribution is -2.36. The maximum absolute atomic E-state index is 13.7. The molecule has 0 spiro atoms. The molecule has 202 valence electrons. The Labute approximate surface area is 223 Å². The van der Waals surface area contributed by atoms with E-state index in [2.05, 4.69) is 0 Å². The van der Waals surface area contributed by atoms with E-state index in [0.29, 0.717) is 35.0 Å². The average Bonchev–Trinajstić information content (AvgIpc) is 3.14. The van der Waals surface area contributed by atoms with Crippen molar-refractivity contribution in [2.45, 2.75) is 67.5 Å². The molecule has 0 aliphatic heterocycles. The summed E-state index contributed by atoms with van der Waals surface area (Å²) in [6, 6.07) is 9.13. The highest BCUT2D eigenvalue weighted by Crippen LogP contribution is 2.39. The third kappa shape index (κ3) is 7.07. The quantitative estimate of drug-likeness (QED) is 0.247. The first-order valence-electron chi connectivity index (χ1n) is 11.8. The van der Waals surface area contributed by atoms with Gasteiger partial charge in [-0.25, -0.2) is 8.42 Å². The summed E-state index contributed by atoms with van der Waals surface area (Å²) >= 11 is 2.53. The highest BCUT2D eigenvalue weighted by atomic mass is 32.2. The number of nitrogens with zero attached hydrogens (tertiary/aromatic N) is 1. The molecule has 0 aliphatic carbocycles. The number of sulfonamides is 1. The molecule has 1 atom stereocenters. The minimum absolute atomic E-state index is 0.0578.